The third-order valence-corrected chi connectivity index (χ3v) is 2.72. The Morgan fingerprint density at radius 2 is 1.94 bits per heavy atom. The van der Waals surface area contributed by atoms with E-state index in [1.807, 2.05) is 31.2 Å². The molecule has 1 aromatic carbocycles. The Balaban J connectivity index is 1.89. The normalized spacial score (nSPS) is 10.7. The molecule has 3 aromatic rings. The summed E-state index contributed by atoms with van der Waals surface area (Å²) in [5, 5.41) is 3.24. The smallest absolute Gasteiger partial charge is 0.148 e. The van der Waals surface area contributed by atoms with E-state index in [4.69, 9.17) is 0 Å². The van der Waals surface area contributed by atoms with E-state index in [1.165, 1.54) is 0 Å². The van der Waals surface area contributed by atoms with E-state index in [2.05, 4.69) is 25.3 Å². The molecule has 3 rings (SSSR count). The SMILES string of the molecule is Cc1nc2ccccc2nc1NCc1ncc[nH]1. The molecule has 0 bridgehead atoms. The number of nitrogens with zero attached hydrogens (tertiary/aromatic N) is 3. The Hall–Kier alpha value is -2.43. The van der Waals surface area contributed by atoms with E-state index >= 15 is 0 Å². The minimum absolute atomic E-state index is 0.612. The van der Waals surface area contributed by atoms with Gasteiger partial charge in [0.05, 0.1) is 23.3 Å². The number of anilines is 1. The van der Waals surface area contributed by atoms with Gasteiger partial charge in [-0.1, -0.05) is 12.1 Å². The number of aromatic amines is 1. The number of aromatic nitrogens is 4. The van der Waals surface area contributed by atoms with Gasteiger partial charge in [0, 0.05) is 12.4 Å². The Morgan fingerprint density at radius 1 is 1.17 bits per heavy atom. The molecule has 0 spiro atoms. The monoisotopic (exact) mass is 239 g/mol. The van der Waals surface area contributed by atoms with E-state index in [-0.39, 0.29) is 0 Å². The van der Waals surface area contributed by atoms with Crippen molar-refractivity contribution in [3.8, 4) is 0 Å². The number of hydrogen-bond acceptors (Lipinski definition) is 4. The second kappa shape index (κ2) is 4.44. The lowest BCUT2D eigenvalue weighted by molar-refractivity contribution is 0.980. The summed E-state index contributed by atoms with van der Waals surface area (Å²) in [6, 6.07) is 7.85. The first kappa shape index (κ1) is 10.7. The van der Waals surface area contributed by atoms with Gasteiger partial charge in [0.2, 0.25) is 0 Å². The summed E-state index contributed by atoms with van der Waals surface area (Å²) in [7, 11) is 0. The van der Waals surface area contributed by atoms with Crippen LogP contribution in [0, 0.1) is 6.92 Å². The number of H-pyrrole nitrogens is 1. The van der Waals surface area contributed by atoms with Crippen LogP contribution in [0.2, 0.25) is 0 Å². The van der Waals surface area contributed by atoms with Crippen molar-refractivity contribution in [2.45, 2.75) is 13.5 Å². The maximum Gasteiger partial charge on any atom is 0.148 e. The van der Waals surface area contributed by atoms with Gasteiger partial charge in [-0.25, -0.2) is 15.0 Å². The summed E-state index contributed by atoms with van der Waals surface area (Å²) >= 11 is 0. The molecule has 18 heavy (non-hydrogen) atoms. The second-order valence-corrected chi connectivity index (χ2v) is 4.04. The number of rotatable bonds is 3. The third kappa shape index (κ3) is 2.02. The zero-order valence-corrected chi connectivity index (χ0v) is 10.0. The van der Waals surface area contributed by atoms with Crippen molar-refractivity contribution in [3.63, 3.8) is 0 Å². The second-order valence-electron chi connectivity index (χ2n) is 4.04. The molecule has 0 unspecified atom stereocenters. The molecule has 90 valence electrons. The van der Waals surface area contributed by atoms with Crippen LogP contribution >= 0.6 is 0 Å². The Bertz CT molecular complexity index is 660. The van der Waals surface area contributed by atoms with Crippen LogP contribution in [0.25, 0.3) is 11.0 Å². The van der Waals surface area contributed by atoms with E-state index in [1.54, 1.807) is 12.4 Å². The topological polar surface area (TPSA) is 66.5 Å². The van der Waals surface area contributed by atoms with Gasteiger partial charge >= 0.3 is 0 Å². The Kier molecular flexibility index (Phi) is 2.64. The zero-order chi connectivity index (χ0) is 12.4. The fourth-order valence-corrected chi connectivity index (χ4v) is 1.82. The number of para-hydroxylation sites is 2. The standard InChI is InChI=1S/C13H13N5/c1-9-13(16-8-12-14-6-7-15-12)18-11-5-3-2-4-10(11)17-9/h2-7H,8H2,1H3,(H,14,15)(H,16,18). The first-order chi connectivity index (χ1) is 8.83. The fraction of sp³-hybridized carbons (Fsp3) is 0.154. The quantitative estimate of drug-likeness (QED) is 0.735. The number of aryl methyl sites for hydroxylation is 1. The molecule has 0 aliphatic rings. The van der Waals surface area contributed by atoms with E-state index in [0.717, 1.165) is 28.4 Å². The van der Waals surface area contributed by atoms with Gasteiger partial charge in [0.1, 0.15) is 11.6 Å². The van der Waals surface area contributed by atoms with Crippen LogP contribution in [0.4, 0.5) is 5.82 Å². The molecule has 0 fully saturated rings. The van der Waals surface area contributed by atoms with Crippen molar-refractivity contribution in [1.82, 2.24) is 19.9 Å². The molecule has 2 N–H and O–H groups in total. The van der Waals surface area contributed by atoms with Crippen LogP contribution in [-0.4, -0.2) is 19.9 Å². The van der Waals surface area contributed by atoms with Crippen LogP contribution in [0.3, 0.4) is 0 Å². The molecule has 2 aromatic heterocycles. The van der Waals surface area contributed by atoms with Crippen LogP contribution in [-0.2, 0) is 6.54 Å². The average Bonchev–Trinajstić information content (AvgIpc) is 2.89. The minimum Gasteiger partial charge on any atom is -0.361 e. The van der Waals surface area contributed by atoms with Gasteiger partial charge in [-0.15, -0.1) is 0 Å². The summed E-state index contributed by atoms with van der Waals surface area (Å²) < 4.78 is 0. The van der Waals surface area contributed by atoms with Crippen molar-refractivity contribution in [2.75, 3.05) is 5.32 Å². The molecule has 5 heteroatoms. The maximum absolute atomic E-state index is 4.56. The summed E-state index contributed by atoms with van der Waals surface area (Å²) in [4.78, 5) is 16.3. The largest absolute Gasteiger partial charge is 0.361 e. The van der Waals surface area contributed by atoms with Gasteiger partial charge in [-0.05, 0) is 19.1 Å². The molecule has 0 amide bonds. The molecule has 2 heterocycles. The molecule has 0 saturated heterocycles. The van der Waals surface area contributed by atoms with Crippen LogP contribution in [0.5, 0.6) is 0 Å². The van der Waals surface area contributed by atoms with E-state index < -0.39 is 0 Å². The van der Waals surface area contributed by atoms with Crippen molar-refractivity contribution < 1.29 is 0 Å². The molecule has 0 atom stereocenters. The highest BCUT2D eigenvalue weighted by atomic mass is 15.1. The predicted octanol–water partition coefficient (Wildman–Crippen LogP) is 2.27. The molecule has 5 nitrogen and oxygen atoms in total. The zero-order valence-electron chi connectivity index (χ0n) is 10.0. The van der Waals surface area contributed by atoms with Crippen LogP contribution < -0.4 is 5.32 Å². The number of nitrogens with one attached hydrogen (secondary N) is 2. The van der Waals surface area contributed by atoms with Crippen molar-refractivity contribution >= 4 is 16.9 Å². The molecule has 0 radical (unpaired) electrons. The van der Waals surface area contributed by atoms with Crippen molar-refractivity contribution in [1.29, 1.82) is 0 Å². The van der Waals surface area contributed by atoms with Gasteiger partial charge in [0.25, 0.3) is 0 Å². The van der Waals surface area contributed by atoms with Crippen molar-refractivity contribution in [2.24, 2.45) is 0 Å². The minimum atomic E-state index is 0.612. The summed E-state index contributed by atoms with van der Waals surface area (Å²) in [6.45, 7) is 2.56. The van der Waals surface area contributed by atoms with Gasteiger partial charge in [0.15, 0.2) is 0 Å². The molecular weight excluding hydrogens is 226 g/mol. The number of benzene rings is 1. The lowest BCUT2D eigenvalue weighted by atomic mass is 10.3. The third-order valence-electron chi connectivity index (χ3n) is 2.72. The Labute approximate surface area is 104 Å². The maximum atomic E-state index is 4.56. The highest BCUT2D eigenvalue weighted by molar-refractivity contribution is 5.76. The van der Waals surface area contributed by atoms with Gasteiger partial charge < -0.3 is 10.3 Å². The summed E-state index contributed by atoms with van der Waals surface area (Å²) in [5.74, 6) is 1.68. The molecule has 0 saturated carbocycles. The van der Waals surface area contributed by atoms with E-state index in [0.29, 0.717) is 6.54 Å². The van der Waals surface area contributed by atoms with Crippen LogP contribution in [0.1, 0.15) is 11.5 Å². The van der Waals surface area contributed by atoms with Crippen LogP contribution in [0.15, 0.2) is 36.7 Å². The number of hydrogen-bond donors (Lipinski definition) is 2. The first-order valence-electron chi connectivity index (χ1n) is 5.78. The molecular formula is C13H13N5. The number of imidazole rings is 1. The Morgan fingerprint density at radius 3 is 2.67 bits per heavy atom. The summed E-state index contributed by atoms with van der Waals surface area (Å²) in [6.07, 6.45) is 3.53. The average molecular weight is 239 g/mol. The van der Waals surface area contributed by atoms with Gasteiger partial charge in [-0.3, -0.25) is 0 Å². The number of fused-ring (bicyclic) bond motifs is 1. The fourth-order valence-electron chi connectivity index (χ4n) is 1.82. The highest BCUT2D eigenvalue weighted by Crippen LogP contribution is 2.16. The van der Waals surface area contributed by atoms with Gasteiger partial charge in [-0.2, -0.15) is 0 Å². The first-order valence-corrected chi connectivity index (χ1v) is 5.78. The molecule has 0 aliphatic carbocycles. The van der Waals surface area contributed by atoms with Crippen molar-refractivity contribution in [3.05, 3.63) is 48.2 Å². The lowest BCUT2D eigenvalue weighted by Crippen LogP contribution is -2.06. The van der Waals surface area contributed by atoms with E-state index in [9.17, 15) is 0 Å². The lowest BCUT2D eigenvalue weighted by Gasteiger charge is -2.07. The summed E-state index contributed by atoms with van der Waals surface area (Å²) in [5.41, 5.74) is 2.70. The predicted molar refractivity (Wildman–Crippen MR) is 70.2 cm³/mol. The molecule has 0 aliphatic heterocycles. The highest BCUT2D eigenvalue weighted by Gasteiger charge is 2.04.